The van der Waals surface area contributed by atoms with Crippen LogP contribution in [0.4, 0.5) is 0 Å². The van der Waals surface area contributed by atoms with E-state index in [1.165, 1.54) is 0 Å². The number of aryl methyl sites for hydroxylation is 1. The summed E-state index contributed by atoms with van der Waals surface area (Å²) in [5.74, 6) is 1.09. The summed E-state index contributed by atoms with van der Waals surface area (Å²) in [5, 5.41) is 26.5. The number of nitrogens with one attached hydrogen (secondary N) is 1. The lowest BCUT2D eigenvalue weighted by atomic mass is 9.94. The molecule has 1 aliphatic heterocycles. The fourth-order valence-corrected chi connectivity index (χ4v) is 3.28. The monoisotopic (exact) mass is 340 g/mol. The maximum absolute atomic E-state index is 10.3. The lowest BCUT2D eigenvalue weighted by molar-refractivity contribution is 0.0581. The molecule has 2 aromatic rings. The van der Waals surface area contributed by atoms with E-state index in [2.05, 4.69) is 27.2 Å². The summed E-state index contributed by atoms with van der Waals surface area (Å²) >= 11 is 0. The van der Waals surface area contributed by atoms with E-state index in [9.17, 15) is 5.11 Å². The van der Waals surface area contributed by atoms with E-state index >= 15 is 0 Å². The highest BCUT2D eigenvalue weighted by molar-refractivity contribution is 5.34. The van der Waals surface area contributed by atoms with Crippen LogP contribution in [-0.2, 0) is 0 Å². The second-order valence-electron chi connectivity index (χ2n) is 6.68. The fraction of sp³-hybridized carbons (Fsp3) is 0.474. The van der Waals surface area contributed by atoms with Gasteiger partial charge in [-0.25, -0.2) is 0 Å². The van der Waals surface area contributed by atoms with Crippen molar-refractivity contribution in [2.24, 2.45) is 0 Å². The number of ether oxygens (including phenoxy) is 1. The van der Waals surface area contributed by atoms with Crippen molar-refractivity contribution in [2.75, 3.05) is 26.2 Å². The molecule has 2 N–H and O–H groups in total. The molecule has 1 saturated heterocycles. The van der Waals surface area contributed by atoms with Crippen LogP contribution in [0, 0.1) is 18.3 Å². The molecule has 0 saturated carbocycles. The van der Waals surface area contributed by atoms with E-state index in [1.54, 1.807) is 24.3 Å². The van der Waals surface area contributed by atoms with Crippen molar-refractivity contribution in [3.63, 3.8) is 0 Å². The van der Waals surface area contributed by atoms with Crippen LogP contribution in [0.5, 0.6) is 5.75 Å². The van der Waals surface area contributed by atoms with Gasteiger partial charge in [-0.15, -0.1) is 0 Å². The van der Waals surface area contributed by atoms with E-state index in [0.717, 1.165) is 37.3 Å². The third-order valence-corrected chi connectivity index (χ3v) is 4.54. The Balaban J connectivity index is 1.47. The number of piperidine rings is 1. The second-order valence-corrected chi connectivity index (χ2v) is 6.68. The summed E-state index contributed by atoms with van der Waals surface area (Å²) in [5.41, 5.74) is 2.80. The van der Waals surface area contributed by atoms with Crippen molar-refractivity contribution in [1.82, 2.24) is 15.1 Å². The predicted molar refractivity (Wildman–Crippen MR) is 94.4 cm³/mol. The van der Waals surface area contributed by atoms with Crippen LogP contribution in [0.3, 0.4) is 0 Å². The number of H-pyrrole nitrogens is 1. The molecule has 1 aromatic carbocycles. The minimum absolute atomic E-state index is 0.245. The van der Waals surface area contributed by atoms with Gasteiger partial charge in [-0.05, 0) is 56.6 Å². The molecule has 0 radical (unpaired) electrons. The summed E-state index contributed by atoms with van der Waals surface area (Å²) in [6.45, 7) is 4.76. The van der Waals surface area contributed by atoms with Crippen molar-refractivity contribution in [2.45, 2.75) is 31.8 Å². The number of nitriles is 1. The number of likely N-dealkylation sites (tertiary alicyclic amines) is 1. The number of aromatic amines is 1. The lowest BCUT2D eigenvalue weighted by Crippen LogP contribution is -2.41. The van der Waals surface area contributed by atoms with Gasteiger partial charge >= 0.3 is 0 Å². The topological polar surface area (TPSA) is 85.2 Å². The van der Waals surface area contributed by atoms with Gasteiger partial charge in [0.25, 0.3) is 0 Å². The summed E-state index contributed by atoms with van der Waals surface area (Å²) in [4.78, 5) is 2.28. The molecule has 132 valence electrons. The zero-order valence-electron chi connectivity index (χ0n) is 14.5. The number of aliphatic hydroxyl groups is 1. The van der Waals surface area contributed by atoms with Gasteiger partial charge in [-0.1, -0.05) is 0 Å². The summed E-state index contributed by atoms with van der Waals surface area (Å²) in [6, 6.07) is 11.1. The minimum Gasteiger partial charge on any atom is -0.491 e. The van der Waals surface area contributed by atoms with Gasteiger partial charge in [0.15, 0.2) is 0 Å². The summed E-state index contributed by atoms with van der Waals surface area (Å²) in [7, 11) is 0. The van der Waals surface area contributed by atoms with E-state index in [4.69, 9.17) is 10.00 Å². The smallest absolute Gasteiger partial charge is 0.119 e. The number of rotatable bonds is 6. The molecular formula is C19H24N4O2. The summed E-state index contributed by atoms with van der Waals surface area (Å²) in [6.07, 6.45) is 1.70. The van der Waals surface area contributed by atoms with Crippen LogP contribution in [0.25, 0.3) is 0 Å². The average Bonchev–Trinajstić information content (AvgIpc) is 3.07. The molecular weight excluding hydrogens is 316 g/mol. The molecule has 0 spiro atoms. The van der Waals surface area contributed by atoms with Crippen LogP contribution >= 0.6 is 0 Å². The van der Waals surface area contributed by atoms with Gasteiger partial charge in [0, 0.05) is 24.7 Å². The first-order chi connectivity index (χ1) is 12.1. The Labute approximate surface area is 148 Å². The molecule has 2 heterocycles. The molecule has 25 heavy (non-hydrogen) atoms. The lowest BCUT2D eigenvalue weighted by Gasteiger charge is -2.33. The first-order valence-electron chi connectivity index (χ1n) is 8.69. The van der Waals surface area contributed by atoms with Crippen LogP contribution in [0.1, 0.15) is 35.7 Å². The van der Waals surface area contributed by atoms with Crippen LogP contribution in [0.15, 0.2) is 30.3 Å². The number of aromatic nitrogens is 2. The van der Waals surface area contributed by atoms with Gasteiger partial charge < -0.3 is 9.84 Å². The highest BCUT2D eigenvalue weighted by Crippen LogP contribution is 2.26. The number of benzene rings is 1. The van der Waals surface area contributed by atoms with Gasteiger partial charge in [0.2, 0.25) is 0 Å². The zero-order chi connectivity index (χ0) is 17.6. The normalized spacial score (nSPS) is 19.3. The molecule has 6 heteroatoms. The van der Waals surface area contributed by atoms with Crippen molar-refractivity contribution in [3.8, 4) is 11.8 Å². The van der Waals surface area contributed by atoms with Crippen LogP contribution in [-0.4, -0.2) is 52.5 Å². The Morgan fingerprint density at radius 3 is 2.92 bits per heavy atom. The van der Waals surface area contributed by atoms with E-state index in [-0.39, 0.29) is 6.61 Å². The zero-order valence-corrected chi connectivity index (χ0v) is 14.5. The molecule has 6 nitrogen and oxygen atoms in total. The second kappa shape index (κ2) is 8.15. The third-order valence-electron chi connectivity index (χ3n) is 4.54. The molecule has 1 aromatic heterocycles. The molecule has 0 amide bonds. The molecule has 0 bridgehead atoms. The maximum Gasteiger partial charge on any atom is 0.119 e. The molecule has 0 aliphatic carbocycles. The highest BCUT2D eigenvalue weighted by atomic mass is 16.5. The Kier molecular flexibility index (Phi) is 5.69. The van der Waals surface area contributed by atoms with Crippen molar-refractivity contribution < 1.29 is 9.84 Å². The average molecular weight is 340 g/mol. The van der Waals surface area contributed by atoms with Crippen molar-refractivity contribution in [1.29, 1.82) is 5.26 Å². The first kappa shape index (κ1) is 17.5. The molecule has 1 fully saturated rings. The molecule has 1 aliphatic rings. The standard InChI is InChI=1S/C19H24N4O2/c1-14-9-19(22-21-14)16-3-2-8-23(11-16)12-17(24)13-25-18-6-4-15(10-20)5-7-18/h4-7,9,16-17,24H,2-3,8,11-13H2,1H3,(H,21,22). The molecule has 3 rings (SSSR count). The van der Waals surface area contributed by atoms with E-state index < -0.39 is 6.10 Å². The summed E-state index contributed by atoms with van der Waals surface area (Å²) < 4.78 is 5.62. The van der Waals surface area contributed by atoms with Crippen LogP contribution in [0.2, 0.25) is 0 Å². The van der Waals surface area contributed by atoms with Crippen molar-refractivity contribution in [3.05, 3.63) is 47.3 Å². The minimum atomic E-state index is -0.546. The van der Waals surface area contributed by atoms with E-state index in [1.807, 2.05) is 6.92 Å². The number of hydrogen-bond acceptors (Lipinski definition) is 5. The molecule has 2 atom stereocenters. The van der Waals surface area contributed by atoms with Gasteiger partial charge in [0.05, 0.1) is 17.3 Å². The third kappa shape index (κ3) is 4.81. The Morgan fingerprint density at radius 1 is 1.44 bits per heavy atom. The SMILES string of the molecule is Cc1cc(C2CCCN(CC(O)COc3ccc(C#N)cc3)C2)n[nH]1. The fourth-order valence-electron chi connectivity index (χ4n) is 3.28. The Hall–Kier alpha value is -2.36. The molecule has 2 unspecified atom stereocenters. The van der Waals surface area contributed by atoms with Crippen molar-refractivity contribution >= 4 is 0 Å². The maximum atomic E-state index is 10.3. The Morgan fingerprint density at radius 2 is 2.24 bits per heavy atom. The largest absolute Gasteiger partial charge is 0.491 e. The predicted octanol–water partition coefficient (Wildman–Crippen LogP) is 2.21. The highest BCUT2D eigenvalue weighted by Gasteiger charge is 2.24. The number of nitrogens with zero attached hydrogens (tertiary/aromatic N) is 3. The van der Waals surface area contributed by atoms with Crippen LogP contribution < -0.4 is 4.74 Å². The van der Waals surface area contributed by atoms with Gasteiger partial charge in [0.1, 0.15) is 18.5 Å². The number of hydrogen-bond donors (Lipinski definition) is 2. The first-order valence-corrected chi connectivity index (χ1v) is 8.69. The van der Waals surface area contributed by atoms with E-state index in [0.29, 0.717) is 23.8 Å². The quantitative estimate of drug-likeness (QED) is 0.842. The van der Waals surface area contributed by atoms with Gasteiger partial charge in [-0.3, -0.25) is 10.00 Å². The Bertz CT molecular complexity index is 720. The van der Waals surface area contributed by atoms with Gasteiger partial charge in [-0.2, -0.15) is 10.4 Å². The number of β-amino-alcohol motifs (C(OH)–C–C–N with tert-alkyl or cyclic N) is 1. The number of aliphatic hydroxyl groups excluding tert-OH is 1.